The van der Waals surface area contributed by atoms with E-state index in [9.17, 15) is 0 Å². The number of hydrogen-bond donors (Lipinski definition) is 3. The third kappa shape index (κ3) is 3.02. The van der Waals surface area contributed by atoms with Crippen molar-refractivity contribution in [2.24, 2.45) is 0 Å². The lowest BCUT2D eigenvalue weighted by molar-refractivity contribution is 1.06. The molecule has 0 aliphatic carbocycles. The fourth-order valence-corrected chi connectivity index (χ4v) is 3.53. The minimum atomic E-state index is 0.820. The van der Waals surface area contributed by atoms with Gasteiger partial charge >= 0.3 is 0 Å². The first-order valence-electron chi connectivity index (χ1n) is 9.53. The van der Waals surface area contributed by atoms with E-state index in [0.29, 0.717) is 0 Å². The Morgan fingerprint density at radius 1 is 1.13 bits per heavy atom. The molecule has 0 aliphatic heterocycles. The first-order valence-corrected chi connectivity index (χ1v) is 9.53. The lowest BCUT2D eigenvalue weighted by atomic mass is 10.1. The summed E-state index contributed by atoms with van der Waals surface area (Å²) < 4.78 is 0. The first-order chi connectivity index (χ1) is 14.7. The smallest absolute Gasteiger partial charge is 0.116 e. The zero-order chi connectivity index (χ0) is 20.5. The SMILES string of the molecule is C=C(/C=c1/c(-c2cc3c(-c4cccnc4)nccc3[nH]2)n[nH]/c1=C/C)c1cn[nH]c1. The standard InChI is InChI=1S/C23H19N7/c1-3-19-17(9-14(2)16-12-26-27-13-16)23(30-29-19)21-10-18-20(28-21)6-8-25-22(18)15-5-4-7-24-11-15/h3-13,28-29H,2H2,1H3,(H,26,27)/b17-9+,19-3+. The van der Waals surface area contributed by atoms with E-state index >= 15 is 0 Å². The molecule has 5 aromatic rings. The van der Waals surface area contributed by atoms with Gasteiger partial charge in [-0.1, -0.05) is 12.7 Å². The first kappa shape index (κ1) is 17.8. The number of nitrogens with zero attached hydrogens (tertiary/aromatic N) is 4. The molecule has 7 nitrogen and oxygen atoms in total. The van der Waals surface area contributed by atoms with Gasteiger partial charge in [-0.25, -0.2) is 0 Å². The molecule has 7 heteroatoms. The van der Waals surface area contributed by atoms with Crippen molar-refractivity contribution in [1.82, 2.24) is 35.3 Å². The van der Waals surface area contributed by atoms with Crippen LogP contribution >= 0.6 is 0 Å². The fraction of sp³-hybridized carbons (Fsp3) is 0.0435. The van der Waals surface area contributed by atoms with Gasteiger partial charge in [0, 0.05) is 52.0 Å². The molecule has 30 heavy (non-hydrogen) atoms. The van der Waals surface area contributed by atoms with Gasteiger partial charge in [-0.2, -0.15) is 10.2 Å². The second kappa shape index (κ2) is 7.29. The Balaban J connectivity index is 1.69. The zero-order valence-corrected chi connectivity index (χ0v) is 16.3. The number of rotatable bonds is 4. The van der Waals surface area contributed by atoms with E-state index in [1.54, 1.807) is 18.6 Å². The molecule has 0 bridgehead atoms. The second-order valence-electron chi connectivity index (χ2n) is 6.89. The normalized spacial score (nSPS) is 12.7. The molecular formula is C23H19N7. The van der Waals surface area contributed by atoms with Crippen LogP contribution < -0.4 is 10.6 Å². The number of H-pyrrole nitrogens is 3. The topological polar surface area (TPSA) is 98.9 Å². The maximum absolute atomic E-state index is 4.58. The number of hydrogen-bond acceptors (Lipinski definition) is 4. The minimum Gasteiger partial charge on any atom is -0.353 e. The van der Waals surface area contributed by atoms with Gasteiger partial charge in [0.1, 0.15) is 5.69 Å². The number of fused-ring (bicyclic) bond motifs is 1. The van der Waals surface area contributed by atoms with Gasteiger partial charge in [0.25, 0.3) is 0 Å². The van der Waals surface area contributed by atoms with E-state index in [2.05, 4.69) is 48.0 Å². The average Bonchev–Trinajstić information content (AvgIpc) is 3.53. The van der Waals surface area contributed by atoms with Gasteiger partial charge in [-0.15, -0.1) is 0 Å². The van der Waals surface area contributed by atoms with Gasteiger partial charge in [0.2, 0.25) is 0 Å². The maximum atomic E-state index is 4.58. The summed E-state index contributed by atoms with van der Waals surface area (Å²) in [6, 6.07) is 7.97. The minimum absolute atomic E-state index is 0.820. The van der Waals surface area contributed by atoms with Crippen molar-refractivity contribution in [2.45, 2.75) is 6.92 Å². The van der Waals surface area contributed by atoms with Crippen molar-refractivity contribution >= 4 is 28.6 Å². The van der Waals surface area contributed by atoms with E-state index in [0.717, 1.165) is 55.3 Å². The van der Waals surface area contributed by atoms with Gasteiger partial charge < -0.3 is 4.98 Å². The summed E-state index contributed by atoms with van der Waals surface area (Å²) in [5, 5.41) is 17.4. The van der Waals surface area contributed by atoms with Crippen molar-refractivity contribution in [3.8, 4) is 22.6 Å². The molecule has 0 atom stereocenters. The number of pyridine rings is 2. The third-order valence-electron chi connectivity index (χ3n) is 5.05. The molecule has 0 unspecified atom stereocenters. The number of aromatic nitrogens is 7. The Kier molecular flexibility index (Phi) is 4.33. The molecular weight excluding hydrogens is 374 g/mol. The van der Waals surface area contributed by atoms with Gasteiger partial charge in [0.15, 0.2) is 0 Å². The molecule has 0 aromatic carbocycles. The second-order valence-corrected chi connectivity index (χ2v) is 6.89. The number of allylic oxidation sites excluding steroid dienone is 1. The molecule has 0 aliphatic rings. The Bertz CT molecular complexity index is 1460. The summed E-state index contributed by atoms with van der Waals surface area (Å²) in [7, 11) is 0. The highest BCUT2D eigenvalue weighted by molar-refractivity contribution is 5.96. The van der Waals surface area contributed by atoms with Crippen LogP contribution in [-0.4, -0.2) is 35.3 Å². The summed E-state index contributed by atoms with van der Waals surface area (Å²) in [5.41, 5.74) is 6.35. The lowest BCUT2D eigenvalue weighted by Gasteiger charge is -2.00. The lowest BCUT2D eigenvalue weighted by Crippen LogP contribution is -2.23. The summed E-state index contributed by atoms with van der Waals surface area (Å²) >= 11 is 0. The van der Waals surface area contributed by atoms with E-state index in [1.807, 2.05) is 49.7 Å². The highest BCUT2D eigenvalue weighted by Crippen LogP contribution is 2.28. The van der Waals surface area contributed by atoms with Crippen LogP contribution in [0.15, 0.2) is 61.8 Å². The van der Waals surface area contributed by atoms with Gasteiger partial charge in [-0.05, 0) is 42.8 Å². The molecule has 146 valence electrons. The van der Waals surface area contributed by atoms with Crippen LogP contribution in [-0.2, 0) is 0 Å². The molecule has 5 heterocycles. The summed E-state index contributed by atoms with van der Waals surface area (Å²) in [4.78, 5) is 12.3. The molecule has 5 aromatic heterocycles. The number of nitrogens with one attached hydrogen (secondary N) is 3. The van der Waals surface area contributed by atoms with Crippen LogP contribution in [0.5, 0.6) is 0 Å². The Morgan fingerprint density at radius 2 is 2.07 bits per heavy atom. The van der Waals surface area contributed by atoms with Crippen molar-refractivity contribution in [3.63, 3.8) is 0 Å². The predicted octanol–water partition coefficient (Wildman–Crippen LogP) is 3.03. The highest BCUT2D eigenvalue weighted by atomic mass is 15.1. The summed E-state index contributed by atoms with van der Waals surface area (Å²) in [5.74, 6) is 0. The van der Waals surface area contributed by atoms with E-state index in [-0.39, 0.29) is 0 Å². The van der Waals surface area contributed by atoms with Crippen LogP contribution in [0.4, 0.5) is 0 Å². The van der Waals surface area contributed by atoms with Crippen molar-refractivity contribution in [3.05, 3.63) is 78.0 Å². The predicted molar refractivity (Wildman–Crippen MR) is 118 cm³/mol. The van der Waals surface area contributed by atoms with Crippen LogP contribution in [0.3, 0.4) is 0 Å². The van der Waals surface area contributed by atoms with Crippen LogP contribution in [0.25, 0.3) is 51.3 Å². The van der Waals surface area contributed by atoms with Gasteiger partial charge in [0.05, 0.1) is 22.9 Å². The van der Waals surface area contributed by atoms with Crippen LogP contribution in [0, 0.1) is 0 Å². The van der Waals surface area contributed by atoms with E-state index in [4.69, 9.17) is 0 Å². The van der Waals surface area contributed by atoms with E-state index < -0.39 is 0 Å². The fourth-order valence-electron chi connectivity index (χ4n) is 3.53. The maximum Gasteiger partial charge on any atom is 0.116 e. The molecule has 3 N–H and O–H groups in total. The summed E-state index contributed by atoms with van der Waals surface area (Å²) in [6.07, 6.45) is 13.0. The van der Waals surface area contributed by atoms with E-state index in [1.165, 1.54) is 0 Å². The zero-order valence-electron chi connectivity index (χ0n) is 16.3. The van der Waals surface area contributed by atoms with Gasteiger partial charge in [-0.3, -0.25) is 20.2 Å². The summed E-state index contributed by atoms with van der Waals surface area (Å²) in [6.45, 7) is 6.16. The number of aromatic amines is 3. The molecule has 0 saturated carbocycles. The Labute approximate surface area is 171 Å². The van der Waals surface area contributed by atoms with Crippen molar-refractivity contribution < 1.29 is 0 Å². The van der Waals surface area contributed by atoms with Crippen LogP contribution in [0.1, 0.15) is 12.5 Å². The molecule has 0 radical (unpaired) electrons. The Morgan fingerprint density at radius 3 is 2.83 bits per heavy atom. The largest absolute Gasteiger partial charge is 0.353 e. The van der Waals surface area contributed by atoms with Crippen LogP contribution in [0.2, 0.25) is 0 Å². The average molecular weight is 393 g/mol. The third-order valence-corrected chi connectivity index (χ3v) is 5.05. The quantitative estimate of drug-likeness (QED) is 0.437. The molecule has 5 rings (SSSR count). The highest BCUT2D eigenvalue weighted by Gasteiger charge is 2.13. The molecule has 0 amide bonds. The van der Waals surface area contributed by atoms with Crippen molar-refractivity contribution in [2.75, 3.05) is 0 Å². The van der Waals surface area contributed by atoms with Crippen molar-refractivity contribution in [1.29, 1.82) is 0 Å². The molecule has 0 saturated heterocycles. The Hall–Kier alpha value is -4.26. The molecule has 0 spiro atoms. The molecule has 0 fully saturated rings. The monoisotopic (exact) mass is 393 g/mol.